The van der Waals surface area contributed by atoms with E-state index in [9.17, 15) is 14.7 Å². The standard InChI is InChI=1S/C38H50N2O9/c1-8-47-34-20-27-19-28(22-41)40(31(29(27)21-35(34)48-9-2)24-46-23-25-13-11-10-12-14-25)36(42)30(39-37(43)49-38(3,4)5)17-26-15-16-32(44-6)33(18-26)45-7/h10-16,18,20-21,28,30-31,41H,8-9,17,19,22-24H2,1-7H3,(H,39,43)/t28-,30?,31?/m0/s1. The van der Waals surface area contributed by atoms with Crippen LogP contribution in [0.4, 0.5) is 4.79 Å². The van der Waals surface area contributed by atoms with E-state index in [1.165, 1.54) is 7.11 Å². The van der Waals surface area contributed by atoms with Crippen LogP contribution in [0.5, 0.6) is 23.0 Å². The first kappa shape index (κ1) is 37.3. The summed E-state index contributed by atoms with van der Waals surface area (Å²) in [6.45, 7) is 10.1. The number of ether oxygens (including phenoxy) is 6. The molecule has 1 aliphatic rings. The molecule has 0 fully saturated rings. The van der Waals surface area contributed by atoms with Gasteiger partial charge in [-0.2, -0.15) is 0 Å². The third-order valence-corrected chi connectivity index (χ3v) is 8.08. The number of benzene rings is 3. The average Bonchev–Trinajstić information content (AvgIpc) is 3.07. The summed E-state index contributed by atoms with van der Waals surface area (Å²) in [5.74, 6) is 1.78. The number of hydrogen-bond donors (Lipinski definition) is 2. The fraction of sp³-hybridized carbons (Fsp3) is 0.474. The van der Waals surface area contributed by atoms with Gasteiger partial charge in [0.05, 0.1) is 59.3 Å². The van der Waals surface area contributed by atoms with Crippen molar-refractivity contribution in [3.05, 3.63) is 82.9 Å². The number of aliphatic hydroxyl groups is 1. The molecule has 0 saturated heterocycles. The molecule has 3 aromatic carbocycles. The Balaban J connectivity index is 1.78. The first-order valence-corrected chi connectivity index (χ1v) is 16.7. The molecule has 3 aromatic rings. The van der Waals surface area contributed by atoms with Crippen molar-refractivity contribution in [3.63, 3.8) is 0 Å². The van der Waals surface area contributed by atoms with Gasteiger partial charge in [0.25, 0.3) is 0 Å². The lowest BCUT2D eigenvalue weighted by molar-refractivity contribution is -0.143. The molecule has 0 aliphatic carbocycles. The van der Waals surface area contributed by atoms with E-state index in [4.69, 9.17) is 28.4 Å². The van der Waals surface area contributed by atoms with E-state index < -0.39 is 35.7 Å². The maximum Gasteiger partial charge on any atom is 0.408 e. The van der Waals surface area contributed by atoms with Gasteiger partial charge in [-0.3, -0.25) is 4.79 Å². The van der Waals surface area contributed by atoms with Gasteiger partial charge in [-0.1, -0.05) is 36.4 Å². The number of rotatable bonds is 15. The Labute approximate surface area is 289 Å². The quantitative estimate of drug-likeness (QED) is 0.210. The summed E-state index contributed by atoms with van der Waals surface area (Å²) in [7, 11) is 3.08. The Bertz CT molecular complexity index is 1540. The van der Waals surface area contributed by atoms with E-state index in [0.29, 0.717) is 49.2 Å². The van der Waals surface area contributed by atoms with Crippen LogP contribution in [0.2, 0.25) is 0 Å². The summed E-state index contributed by atoms with van der Waals surface area (Å²) in [6.07, 6.45) is -0.263. The van der Waals surface area contributed by atoms with Crippen LogP contribution in [0.1, 0.15) is 62.9 Å². The summed E-state index contributed by atoms with van der Waals surface area (Å²) >= 11 is 0. The minimum atomic E-state index is -1.06. The van der Waals surface area contributed by atoms with Crippen LogP contribution in [0.3, 0.4) is 0 Å². The Morgan fingerprint density at radius 3 is 2.18 bits per heavy atom. The van der Waals surface area contributed by atoms with E-state index in [1.807, 2.05) is 62.4 Å². The second-order valence-electron chi connectivity index (χ2n) is 12.8. The van der Waals surface area contributed by atoms with Gasteiger partial charge in [0, 0.05) is 6.42 Å². The zero-order chi connectivity index (χ0) is 35.6. The predicted octanol–water partition coefficient (Wildman–Crippen LogP) is 5.64. The van der Waals surface area contributed by atoms with Crippen molar-refractivity contribution >= 4 is 12.0 Å². The molecule has 1 heterocycles. The highest BCUT2D eigenvalue weighted by Gasteiger charge is 2.41. The minimum absolute atomic E-state index is 0.116. The third-order valence-electron chi connectivity index (χ3n) is 8.08. The summed E-state index contributed by atoms with van der Waals surface area (Å²) in [6, 6.07) is 16.6. The van der Waals surface area contributed by atoms with Gasteiger partial charge in [0.15, 0.2) is 23.0 Å². The second kappa shape index (κ2) is 17.3. The fourth-order valence-electron chi connectivity index (χ4n) is 5.99. The molecule has 0 spiro atoms. The second-order valence-corrected chi connectivity index (χ2v) is 12.8. The molecule has 2 amide bonds. The monoisotopic (exact) mass is 678 g/mol. The van der Waals surface area contributed by atoms with Crippen LogP contribution in [0, 0.1) is 0 Å². The number of amides is 2. The summed E-state index contributed by atoms with van der Waals surface area (Å²) in [4.78, 5) is 29.7. The lowest BCUT2D eigenvalue weighted by Crippen LogP contribution is -2.57. The van der Waals surface area contributed by atoms with Crippen LogP contribution in [-0.4, -0.2) is 80.3 Å². The van der Waals surface area contributed by atoms with Crippen molar-refractivity contribution in [3.8, 4) is 23.0 Å². The van der Waals surface area contributed by atoms with Crippen LogP contribution < -0.4 is 24.3 Å². The van der Waals surface area contributed by atoms with E-state index in [2.05, 4.69) is 5.32 Å². The lowest BCUT2D eigenvalue weighted by Gasteiger charge is -2.44. The zero-order valence-electron chi connectivity index (χ0n) is 29.6. The number of nitrogens with one attached hydrogen (secondary N) is 1. The maximum absolute atomic E-state index is 14.9. The number of alkyl carbamates (subject to hydrolysis) is 1. The van der Waals surface area contributed by atoms with E-state index in [1.54, 1.807) is 44.9 Å². The number of methoxy groups -OCH3 is 2. The molecule has 0 radical (unpaired) electrons. The van der Waals surface area contributed by atoms with Gasteiger partial charge in [0.1, 0.15) is 11.6 Å². The van der Waals surface area contributed by atoms with Crippen LogP contribution >= 0.6 is 0 Å². The fourth-order valence-corrected chi connectivity index (χ4v) is 5.99. The molecule has 2 unspecified atom stereocenters. The van der Waals surface area contributed by atoms with Gasteiger partial charge in [0.2, 0.25) is 5.91 Å². The molecule has 266 valence electrons. The molecule has 4 rings (SSSR count). The molecule has 0 bridgehead atoms. The molecule has 1 aliphatic heterocycles. The largest absolute Gasteiger partial charge is 0.493 e. The van der Waals surface area contributed by atoms with Crippen molar-refractivity contribution in [2.45, 2.75) is 77.8 Å². The van der Waals surface area contributed by atoms with E-state index >= 15 is 0 Å². The summed E-state index contributed by atoms with van der Waals surface area (Å²) in [5.41, 5.74) is 2.65. The highest BCUT2D eigenvalue weighted by Crippen LogP contribution is 2.41. The van der Waals surface area contributed by atoms with Crippen molar-refractivity contribution in [1.82, 2.24) is 10.2 Å². The third kappa shape index (κ3) is 9.79. The van der Waals surface area contributed by atoms with Crippen molar-refractivity contribution in [2.24, 2.45) is 0 Å². The topological polar surface area (TPSA) is 125 Å². The predicted molar refractivity (Wildman–Crippen MR) is 185 cm³/mol. The number of carbonyl (C=O) groups is 2. The molecule has 49 heavy (non-hydrogen) atoms. The highest BCUT2D eigenvalue weighted by atomic mass is 16.6. The first-order chi connectivity index (χ1) is 23.5. The van der Waals surface area contributed by atoms with Gasteiger partial charge in [-0.15, -0.1) is 0 Å². The van der Waals surface area contributed by atoms with Crippen LogP contribution in [0.25, 0.3) is 0 Å². The Morgan fingerprint density at radius 1 is 0.898 bits per heavy atom. The van der Waals surface area contributed by atoms with Crippen molar-refractivity contribution in [1.29, 1.82) is 0 Å². The number of hydrogen-bond acceptors (Lipinski definition) is 9. The van der Waals surface area contributed by atoms with Gasteiger partial charge in [-0.05, 0) is 87.6 Å². The maximum atomic E-state index is 14.9. The smallest absolute Gasteiger partial charge is 0.408 e. The van der Waals surface area contributed by atoms with Gasteiger partial charge >= 0.3 is 6.09 Å². The average molecular weight is 679 g/mol. The molecular weight excluding hydrogens is 628 g/mol. The Morgan fingerprint density at radius 2 is 1.57 bits per heavy atom. The highest BCUT2D eigenvalue weighted by molar-refractivity contribution is 5.87. The summed E-state index contributed by atoms with van der Waals surface area (Å²) < 4.78 is 34.7. The number of nitrogens with zero attached hydrogens (tertiary/aromatic N) is 1. The van der Waals surface area contributed by atoms with Crippen LogP contribution in [0.15, 0.2) is 60.7 Å². The molecular formula is C38H50N2O9. The molecule has 0 saturated carbocycles. The van der Waals surface area contributed by atoms with Gasteiger partial charge < -0.3 is 43.7 Å². The normalized spacial score (nSPS) is 16.3. The molecule has 3 atom stereocenters. The first-order valence-electron chi connectivity index (χ1n) is 16.7. The lowest BCUT2D eigenvalue weighted by atomic mass is 9.87. The van der Waals surface area contributed by atoms with Crippen LogP contribution in [-0.2, 0) is 33.7 Å². The van der Waals surface area contributed by atoms with Gasteiger partial charge in [-0.25, -0.2) is 4.79 Å². The van der Waals surface area contributed by atoms with E-state index in [-0.39, 0.29) is 19.6 Å². The number of aliphatic hydroxyl groups excluding tert-OH is 1. The number of carbonyl (C=O) groups excluding carboxylic acids is 2. The molecule has 11 nitrogen and oxygen atoms in total. The van der Waals surface area contributed by atoms with Crippen molar-refractivity contribution in [2.75, 3.05) is 40.6 Å². The zero-order valence-corrected chi connectivity index (χ0v) is 29.6. The minimum Gasteiger partial charge on any atom is -0.493 e. The Hall–Kier alpha value is -4.48. The summed E-state index contributed by atoms with van der Waals surface area (Å²) in [5, 5.41) is 13.6. The molecule has 11 heteroatoms. The SMILES string of the molecule is CCOc1cc2c(cc1OCC)C(COCc1ccccc1)N(C(=O)C(Cc1ccc(OC)c(OC)c1)NC(=O)OC(C)(C)C)[C@H](CO)C2. The van der Waals surface area contributed by atoms with E-state index in [0.717, 1.165) is 22.3 Å². The molecule has 0 aromatic heterocycles. The van der Waals surface area contributed by atoms with Crippen molar-refractivity contribution < 1.29 is 43.1 Å². The Kier molecular flexibility index (Phi) is 13.2. The molecule has 2 N–H and O–H groups in total. The number of fused-ring (bicyclic) bond motifs is 1.